The van der Waals surface area contributed by atoms with Gasteiger partial charge in [-0.3, -0.25) is 14.4 Å². The van der Waals surface area contributed by atoms with Gasteiger partial charge < -0.3 is 9.64 Å². The van der Waals surface area contributed by atoms with Crippen molar-refractivity contribution < 1.29 is 9.53 Å². The second-order valence-electron chi connectivity index (χ2n) is 8.23. The SMILES string of the molecule is CCn1cc(C(=O)N2CCC3(CCCN(Cc4cccc(OC)c4)C3)C2)cn1. The summed E-state index contributed by atoms with van der Waals surface area (Å²) in [4.78, 5) is 17.5. The largest absolute Gasteiger partial charge is 0.497 e. The van der Waals surface area contributed by atoms with Crippen LogP contribution in [0.15, 0.2) is 36.7 Å². The molecule has 150 valence electrons. The summed E-state index contributed by atoms with van der Waals surface area (Å²) in [6, 6.07) is 8.33. The molecule has 2 fully saturated rings. The highest BCUT2D eigenvalue weighted by Crippen LogP contribution is 2.39. The summed E-state index contributed by atoms with van der Waals surface area (Å²) in [5.41, 5.74) is 2.23. The molecule has 2 aromatic rings. The van der Waals surface area contributed by atoms with Gasteiger partial charge >= 0.3 is 0 Å². The molecular formula is C22H30N4O2. The van der Waals surface area contributed by atoms with Crippen LogP contribution in [0.2, 0.25) is 0 Å². The molecule has 6 heteroatoms. The standard InChI is InChI=1S/C22H30N4O2/c1-3-26-15-19(13-23-26)21(27)25-11-9-22(17-25)8-5-10-24(16-22)14-18-6-4-7-20(12-18)28-2/h4,6-7,12-13,15H,3,5,8-11,14,16-17H2,1-2H3. The Morgan fingerprint density at radius 3 is 2.93 bits per heavy atom. The molecule has 1 aromatic heterocycles. The number of carbonyl (C=O) groups is 1. The van der Waals surface area contributed by atoms with Crippen LogP contribution >= 0.6 is 0 Å². The molecule has 0 N–H and O–H groups in total. The molecule has 1 amide bonds. The van der Waals surface area contributed by atoms with Crippen LogP contribution in [-0.2, 0) is 13.1 Å². The monoisotopic (exact) mass is 382 g/mol. The van der Waals surface area contributed by atoms with Crippen molar-refractivity contribution in [1.82, 2.24) is 19.6 Å². The third kappa shape index (κ3) is 3.92. The minimum atomic E-state index is 0.126. The van der Waals surface area contributed by atoms with Gasteiger partial charge in [-0.2, -0.15) is 5.10 Å². The van der Waals surface area contributed by atoms with E-state index in [1.807, 2.05) is 28.8 Å². The fraction of sp³-hybridized carbons (Fsp3) is 0.545. The van der Waals surface area contributed by atoms with E-state index in [0.717, 1.165) is 51.4 Å². The number of methoxy groups -OCH3 is 1. The summed E-state index contributed by atoms with van der Waals surface area (Å²) < 4.78 is 7.18. The van der Waals surface area contributed by atoms with Gasteiger partial charge in [-0.15, -0.1) is 0 Å². The Hall–Kier alpha value is -2.34. The lowest BCUT2D eigenvalue weighted by molar-refractivity contribution is 0.0675. The molecule has 0 aliphatic carbocycles. The molecule has 1 unspecified atom stereocenters. The molecular weight excluding hydrogens is 352 g/mol. The lowest BCUT2D eigenvalue weighted by atomic mass is 9.79. The molecule has 28 heavy (non-hydrogen) atoms. The first kappa shape index (κ1) is 19.0. The van der Waals surface area contributed by atoms with Gasteiger partial charge in [0.2, 0.25) is 0 Å². The van der Waals surface area contributed by atoms with Crippen LogP contribution in [0.5, 0.6) is 5.75 Å². The van der Waals surface area contributed by atoms with E-state index in [1.165, 1.54) is 18.4 Å². The van der Waals surface area contributed by atoms with Gasteiger partial charge in [-0.25, -0.2) is 0 Å². The quantitative estimate of drug-likeness (QED) is 0.798. The molecule has 1 aromatic carbocycles. The van der Waals surface area contributed by atoms with Crippen LogP contribution in [0.25, 0.3) is 0 Å². The third-order valence-electron chi connectivity index (χ3n) is 6.21. The predicted octanol–water partition coefficient (Wildman–Crippen LogP) is 3.04. The zero-order chi connectivity index (χ0) is 19.6. The number of hydrogen-bond donors (Lipinski definition) is 0. The van der Waals surface area contributed by atoms with Gasteiger partial charge in [0.1, 0.15) is 5.75 Å². The first-order chi connectivity index (χ1) is 13.6. The number of aromatic nitrogens is 2. The van der Waals surface area contributed by atoms with E-state index < -0.39 is 0 Å². The molecule has 2 aliphatic rings. The summed E-state index contributed by atoms with van der Waals surface area (Å²) in [5, 5.41) is 4.25. The van der Waals surface area contributed by atoms with Crippen molar-refractivity contribution in [3.63, 3.8) is 0 Å². The number of aryl methyl sites for hydroxylation is 1. The highest BCUT2D eigenvalue weighted by Gasteiger charge is 2.43. The number of ether oxygens (including phenoxy) is 1. The summed E-state index contributed by atoms with van der Waals surface area (Å²) in [6.45, 7) is 7.65. The van der Waals surface area contributed by atoms with Gasteiger partial charge in [0.15, 0.2) is 0 Å². The molecule has 2 saturated heterocycles. The molecule has 6 nitrogen and oxygen atoms in total. The molecule has 1 spiro atoms. The van der Waals surface area contributed by atoms with Crippen molar-refractivity contribution in [1.29, 1.82) is 0 Å². The van der Waals surface area contributed by atoms with E-state index in [-0.39, 0.29) is 11.3 Å². The smallest absolute Gasteiger partial charge is 0.257 e. The van der Waals surface area contributed by atoms with Gasteiger partial charge in [0.25, 0.3) is 5.91 Å². The maximum Gasteiger partial charge on any atom is 0.257 e. The average Bonchev–Trinajstić information content (AvgIpc) is 3.35. The number of rotatable bonds is 5. The van der Waals surface area contributed by atoms with Gasteiger partial charge in [-0.1, -0.05) is 12.1 Å². The highest BCUT2D eigenvalue weighted by atomic mass is 16.5. The van der Waals surface area contributed by atoms with Crippen molar-refractivity contribution in [3.8, 4) is 5.75 Å². The van der Waals surface area contributed by atoms with Crippen LogP contribution in [-0.4, -0.2) is 58.8 Å². The molecule has 0 saturated carbocycles. The normalized spacial score (nSPS) is 22.7. The zero-order valence-electron chi connectivity index (χ0n) is 16.9. The van der Waals surface area contributed by atoms with Crippen molar-refractivity contribution in [2.75, 3.05) is 33.3 Å². The van der Waals surface area contributed by atoms with E-state index in [9.17, 15) is 4.79 Å². The van der Waals surface area contributed by atoms with E-state index in [2.05, 4.69) is 28.2 Å². The second kappa shape index (κ2) is 7.95. The third-order valence-corrected chi connectivity index (χ3v) is 6.21. The first-order valence-corrected chi connectivity index (χ1v) is 10.3. The number of likely N-dealkylation sites (tertiary alicyclic amines) is 2. The fourth-order valence-electron chi connectivity index (χ4n) is 4.75. The summed E-state index contributed by atoms with van der Waals surface area (Å²) in [6.07, 6.45) is 7.06. The maximum absolute atomic E-state index is 12.9. The van der Waals surface area contributed by atoms with Crippen molar-refractivity contribution in [3.05, 3.63) is 47.8 Å². The van der Waals surface area contributed by atoms with Gasteiger partial charge in [0.05, 0.1) is 18.9 Å². The zero-order valence-corrected chi connectivity index (χ0v) is 16.9. The summed E-state index contributed by atoms with van der Waals surface area (Å²) in [7, 11) is 1.71. The van der Waals surface area contributed by atoms with Crippen molar-refractivity contribution >= 4 is 5.91 Å². The van der Waals surface area contributed by atoms with Gasteiger partial charge in [0, 0.05) is 44.3 Å². The number of amides is 1. The van der Waals surface area contributed by atoms with E-state index >= 15 is 0 Å². The average molecular weight is 383 g/mol. The maximum atomic E-state index is 12.9. The highest BCUT2D eigenvalue weighted by molar-refractivity contribution is 5.94. The van der Waals surface area contributed by atoms with Crippen LogP contribution < -0.4 is 4.74 Å². The van der Waals surface area contributed by atoms with Gasteiger partial charge in [-0.05, 0) is 50.4 Å². The first-order valence-electron chi connectivity index (χ1n) is 10.3. The van der Waals surface area contributed by atoms with Crippen molar-refractivity contribution in [2.24, 2.45) is 5.41 Å². The molecule has 1 atom stereocenters. The van der Waals surface area contributed by atoms with E-state index in [1.54, 1.807) is 13.3 Å². The van der Waals surface area contributed by atoms with Crippen LogP contribution in [0.4, 0.5) is 0 Å². The number of benzene rings is 1. The summed E-state index contributed by atoms with van der Waals surface area (Å²) >= 11 is 0. The number of piperidine rings is 1. The second-order valence-corrected chi connectivity index (χ2v) is 8.23. The predicted molar refractivity (Wildman–Crippen MR) is 108 cm³/mol. The Kier molecular flexibility index (Phi) is 5.40. The Balaban J connectivity index is 1.40. The summed E-state index contributed by atoms with van der Waals surface area (Å²) in [5.74, 6) is 1.04. The minimum absolute atomic E-state index is 0.126. The minimum Gasteiger partial charge on any atom is -0.497 e. The lowest BCUT2D eigenvalue weighted by Gasteiger charge is -2.40. The topological polar surface area (TPSA) is 50.6 Å². The Bertz CT molecular complexity index is 833. The number of carbonyl (C=O) groups excluding carboxylic acids is 1. The molecule has 0 bridgehead atoms. The van der Waals surface area contributed by atoms with Crippen LogP contribution in [0.3, 0.4) is 0 Å². The lowest BCUT2D eigenvalue weighted by Crippen LogP contribution is -2.45. The number of hydrogen-bond acceptors (Lipinski definition) is 4. The molecule has 2 aliphatic heterocycles. The fourth-order valence-corrected chi connectivity index (χ4v) is 4.75. The van der Waals surface area contributed by atoms with E-state index in [4.69, 9.17) is 4.74 Å². The van der Waals surface area contributed by atoms with Crippen LogP contribution in [0, 0.1) is 5.41 Å². The molecule has 3 heterocycles. The van der Waals surface area contributed by atoms with Crippen molar-refractivity contribution in [2.45, 2.75) is 39.3 Å². The molecule has 0 radical (unpaired) electrons. The Labute approximate surface area is 167 Å². The number of nitrogens with zero attached hydrogens (tertiary/aromatic N) is 4. The Morgan fingerprint density at radius 1 is 1.25 bits per heavy atom. The molecule has 4 rings (SSSR count). The van der Waals surface area contributed by atoms with E-state index in [0.29, 0.717) is 5.56 Å². The Morgan fingerprint density at radius 2 is 2.14 bits per heavy atom. The van der Waals surface area contributed by atoms with Crippen LogP contribution in [0.1, 0.15) is 42.1 Å².